The number of H-pyrrole nitrogens is 1. The Balaban J connectivity index is 1.23. The topological polar surface area (TPSA) is 99.3 Å². The van der Waals surface area contributed by atoms with Crippen molar-refractivity contribution < 1.29 is 9.53 Å². The molecular weight excluding hydrogens is 478 g/mol. The first-order valence-electron chi connectivity index (χ1n) is 12.5. The standard InChI is InChI=1S/C29H27N7O2/c1-35-11-13-36(14-12-35)27-17-22(9-10-31-27)32-29(37)28-25-16-20(7-8-26(25)33-34-28)21-15-24(19-30-18-21)38-23-5-3-2-4-6-23/h2-10,15-19H,11-14H2,1H3,(H,33,34)(H,31,32,37). The van der Waals surface area contributed by atoms with Crippen LogP contribution in [-0.4, -0.2) is 64.2 Å². The monoisotopic (exact) mass is 505 g/mol. The number of amides is 1. The molecule has 0 spiro atoms. The molecule has 1 saturated heterocycles. The molecule has 0 saturated carbocycles. The SMILES string of the molecule is CN1CCN(c2cc(NC(=O)c3n[nH]c4ccc(-c5cncc(Oc6ccccc6)c5)cc34)ccn2)CC1. The third-order valence-corrected chi connectivity index (χ3v) is 6.63. The zero-order valence-electron chi connectivity index (χ0n) is 21.0. The Morgan fingerprint density at radius 2 is 1.76 bits per heavy atom. The molecule has 0 unspecified atom stereocenters. The Labute approximate surface area is 220 Å². The molecule has 9 heteroatoms. The second kappa shape index (κ2) is 10.3. The van der Waals surface area contributed by atoms with E-state index in [1.807, 2.05) is 60.7 Å². The Hall–Kier alpha value is -4.76. The van der Waals surface area contributed by atoms with Gasteiger partial charge in [-0.2, -0.15) is 5.10 Å². The molecule has 1 aliphatic rings. The zero-order chi connectivity index (χ0) is 25.9. The molecule has 1 aliphatic heterocycles. The molecule has 1 fully saturated rings. The van der Waals surface area contributed by atoms with Crippen molar-refractivity contribution in [1.29, 1.82) is 0 Å². The number of aromatic nitrogens is 4. The maximum atomic E-state index is 13.3. The van der Waals surface area contributed by atoms with Crippen LogP contribution < -0.4 is 15.0 Å². The lowest BCUT2D eigenvalue weighted by molar-refractivity contribution is 0.102. The van der Waals surface area contributed by atoms with Crippen LogP contribution in [0, 0.1) is 0 Å². The summed E-state index contributed by atoms with van der Waals surface area (Å²) in [7, 11) is 2.12. The highest BCUT2D eigenvalue weighted by atomic mass is 16.5. The number of nitrogens with zero attached hydrogens (tertiary/aromatic N) is 5. The van der Waals surface area contributed by atoms with Gasteiger partial charge in [0.05, 0.1) is 11.7 Å². The van der Waals surface area contributed by atoms with Gasteiger partial charge in [-0.1, -0.05) is 24.3 Å². The molecule has 6 rings (SSSR count). The second-order valence-corrected chi connectivity index (χ2v) is 9.30. The molecule has 5 aromatic rings. The molecule has 1 amide bonds. The number of nitrogens with one attached hydrogen (secondary N) is 2. The largest absolute Gasteiger partial charge is 0.456 e. The number of hydrogen-bond acceptors (Lipinski definition) is 7. The van der Waals surface area contributed by atoms with E-state index < -0.39 is 0 Å². The Morgan fingerprint density at radius 3 is 2.61 bits per heavy atom. The first kappa shape index (κ1) is 23.6. The molecule has 0 aliphatic carbocycles. The number of anilines is 2. The first-order chi connectivity index (χ1) is 18.6. The van der Waals surface area contributed by atoms with Crippen molar-refractivity contribution in [2.24, 2.45) is 0 Å². The van der Waals surface area contributed by atoms with Crippen molar-refractivity contribution in [3.8, 4) is 22.6 Å². The molecule has 2 N–H and O–H groups in total. The van der Waals surface area contributed by atoms with Crippen molar-refractivity contribution >= 4 is 28.3 Å². The van der Waals surface area contributed by atoms with Gasteiger partial charge in [0.15, 0.2) is 5.69 Å². The minimum absolute atomic E-state index is 0.289. The van der Waals surface area contributed by atoms with E-state index in [1.54, 1.807) is 24.7 Å². The predicted molar refractivity (Wildman–Crippen MR) is 148 cm³/mol. The third kappa shape index (κ3) is 5.05. The van der Waals surface area contributed by atoms with Crippen LogP contribution in [0.4, 0.5) is 11.5 Å². The molecule has 3 aromatic heterocycles. The summed E-state index contributed by atoms with van der Waals surface area (Å²) in [5.41, 5.74) is 3.56. The van der Waals surface area contributed by atoms with Gasteiger partial charge in [-0.05, 0) is 49.0 Å². The van der Waals surface area contributed by atoms with E-state index >= 15 is 0 Å². The van der Waals surface area contributed by atoms with Crippen LogP contribution >= 0.6 is 0 Å². The van der Waals surface area contributed by atoms with Gasteiger partial charge in [0, 0.05) is 61.3 Å². The smallest absolute Gasteiger partial charge is 0.276 e. The fourth-order valence-corrected chi connectivity index (χ4v) is 4.52. The summed E-state index contributed by atoms with van der Waals surface area (Å²) in [6.45, 7) is 3.77. The van der Waals surface area contributed by atoms with Gasteiger partial charge in [-0.25, -0.2) is 4.98 Å². The van der Waals surface area contributed by atoms with E-state index in [2.05, 4.69) is 42.3 Å². The van der Waals surface area contributed by atoms with Gasteiger partial charge in [-0.15, -0.1) is 0 Å². The normalized spacial score (nSPS) is 14.0. The maximum absolute atomic E-state index is 13.3. The lowest BCUT2D eigenvalue weighted by atomic mass is 10.0. The number of aromatic amines is 1. The quantitative estimate of drug-likeness (QED) is 0.341. The number of hydrogen-bond donors (Lipinski definition) is 2. The average molecular weight is 506 g/mol. The van der Waals surface area contributed by atoms with E-state index in [9.17, 15) is 4.79 Å². The molecule has 4 heterocycles. The molecule has 0 atom stereocenters. The van der Waals surface area contributed by atoms with E-state index in [0.29, 0.717) is 17.1 Å². The van der Waals surface area contributed by atoms with Crippen LogP contribution in [0.1, 0.15) is 10.5 Å². The minimum Gasteiger partial charge on any atom is -0.456 e. The molecular formula is C29H27N7O2. The van der Waals surface area contributed by atoms with Gasteiger partial charge in [0.25, 0.3) is 5.91 Å². The van der Waals surface area contributed by atoms with E-state index in [1.165, 1.54) is 0 Å². The summed E-state index contributed by atoms with van der Waals surface area (Å²) in [4.78, 5) is 26.6. The molecule has 190 valence electrons. The summed E-state index contributed by atoms with van der Waals surface area (Å²) < 4.78 is 5.94. The number of piperazine rings is 1. The van der Waals surface area contributed by atoms with Gasteiger partial charge in [-0.3, -0.25) is 14.9 Å². The van der Waals surface area contributed by atoms with Crippen molar-refractivity contribution in [1.82, 2.24) is 25.1 Å². The number of carbonyl (C=O) groups excluding carboxylic acids is 1. The third-order valence-electron chi connectivity index (χ3n) is 6.63. The number of fused-ring (bicyclic) bond motifs is 1. The fourth-order valence-electron chi connectivity index (χ4n) is 4.52. The van der Waals surface area contributed by atoms with Gasteiger partial charge >= 0.3 is 0 Å². The molecule has 0 bridgehead atoms. The number of ether oxygens (including phenoxy) is 1. The highest BCUT2D eigenvalue weighted by molar-refractivity contribution is 6.11. The molecule has 2 aromatic carbocycles. The number of carbonyl (C=O) groups is 1. The van der Waals surface area contributed by atoms with Crippen LogP contribution in [0.15, 0.2) is 85.3 Å². The summed E-state index contributed by atoms with van der Waals surface area (Å²) >= 11 is 0. The molecule has 9 nitrogen and oxygen atoms in total. The fraction of sp³-hybridized carbons (Fsp3) is 0.172. The summed E-state index contributed by atoms with van der Waals surface area (Å²) in [6.07, 6.45) is 5.17. The van der Waals surface area contributed by atoms with Crippen molar-refractivity contribution in [2.75, 3.05) is 43.4 Å². The first-order valence-corrected chi connectivity index (χ1v) is 12.5. The zero-order valence-corrected chi connectivity index (χ0v) is 21.0. The van der Waals surface area contributed by atoms with Crippen molar-refractivity contribution in [3.63, 3.8) is 0 Å². The molecule has 0 radical (unpaired) electrons. The molecule has 38 heavy (non-hydrogen) atoms. The Bertz CT molecular complexity index is 1580. The maximum Gasteiger partial charge on any atom is 0.276 e. The minimum atomic E-state index is -0.289. The van der Waals surface area contributed by atoms with Crippen LogP contribution in [-0.2, 0) is 0 Å². The lowest BCUT2D eigenvalue weighted by Gasteiger charge is -2.33. The number of benzene rings is 2. The highest BCUT2D eigenvalue weighted by Gasteiger charge is 2.18. The van der Waals surface area contributed by atoms with Gasteiger partial charge < -0.3 is 19.9 Å². The summed E-state index contributed by atoms with van der Waals surface area (Å²) in [6, 6.07) is 21.0. The van der Waals surface area contributed by atoms with E-state index in [0.717, 1.165) is 59.8 Å². The van der Waals surface area contributed by atoms with Crippen LogP contribution in [0.5, 0.6) is 11.5 Å². The summed E-state index contributed by atoms with van der Waals surface area (Å²) in [5.74, 6) is 1.94. The van der Waals surface area contributed by atoms with Crippen LogP contribution in [0.3, 0.4) is 0 Å². The number of likely N-dealkylation sites (N-methyl/N-ethyl adjacent to an activating group) is 1. The van der Waals surface area contributed by atoms with Crippen molar-refractivity contribution in [3.05, 3.63) is 91.0 Å². The van der Waals surface area contributed by atoms with E-state index in [4.69, 9.17) is 4.74 Å². The number of para-hydroxylation sites is 1. The van der Waals surface area contributed by atoms with Crippen LogP contribution in [0.25, 0.3) is 22.0 Å². The Kier molecular flexibility index (Phi) is 6.41. The Morgan fingerprint density at radius 1 is 0.921 bits per heavy atom. The predicted octanol–water partition coefficient (Wildman–Crippen LogP) is 4.82. The lowest BCUT2D eigenvalue weighted by Crippen LogP contribution is -2.44. The van der Waals surface area contributed by atoms with Gasteiger partial charge in [0.2, 0.25) is 0 Å². The van der Waals surface area contributed by atoms with Gasteiger partial charge in [0.1, 0.15) is 17.3 Å². The second-order valence-electron chi connectivity index (χ2n) is 9.30. The average Bonchev–Trinajstić information content (AvgIpc) is 3.38. The summed E-state index contributed by atoms with van der Waals surface area (Å²) in [5, 5.41) is 11.0. The number of rotatable bonds is 6. The number of pyridine rings is 2. The van der Waals surface area contributed by atoms with E-state index in [-0.39, 0.29) is 5.91 Å². The van der Waals surface area contributed by atoms with Crippen LogP contribution in [0.2, 0.25) is 0 Å². The highest BCUT2D eigenvalue weighted by Crippen LogP contribution is 2.29. The van der Waals surface area contributed by atoms with Crippen molar-refractivity contribution in [2.45, 2.75) is 0 Å².